The average Bonchev–Trinajstić information content (AvgIpc) is 3.57. The predicted molar refractivity (Wildman–Crippen MR) is 115 cm³/mol. The molecule has 1 amide bonds. The lowest BCUT2D eigenvalue weighted by molar-refractivity contribution is -0.687. The van der Waals surface area contributed by atoms with Gasteiger partial charge in [0.1, 0.15) is 29.6 Å². The summed E-state index contributed by atoms with van der Waals surface area (Å²) in [7, 11) is 1.52. The highest BCUT2D eigenvalue weighted by molar-refractivity contribution is 5.97. The Morgan fingerprint density at radius 3 is 2.90 bits per heavy atom. The standard InChI is InChI=1S/C20H24N8O3/c1-26(30)27-6-7-28-14(10-27)11-31-17-8-13(4-5-16(17)28)24-20-22-9-15(18(21)29)19(25-20)23-12-2-3-12/h4-5,8-9,12,14H,2-3,6-7,10-11H2,1H3,(H3-,21,22,23,24,25,29)/p+1/t14-/m0/s1. The number of piperazine rings is 1. The van der Waals surface area contributed by atoms with Gasteiger partial charge in [-0.05, 0) is 25.0 Å². The molecular weight excluding hydrogens is 400 g/mol. The third-order valence-electron chi connectivity index (χ3n) is 5.79. The van der Waals surface area contributed by atoms with Crippen LogP contribution in [0.15, 0.2) is 24.4 Å². The van der Waals surface area contributed by atoms with Crippen LogP contribution in [-0.4, -0.2) is 71.1 Å². The Balaban J connectivity index is 1.34. The van der Waals surface area contributed by atoms with Gasteiger partial charge in [-0.2, -0.15) is 4.98 Å². The summed E-state index contributed by atoms with van der Waals surface area (Å²) in [6.07, 6.45) is 3.54. The van der Waals surface area contributed by atoms with Crippen molar-refractivity contribution in [2.24, 2.45) is 5.73 Å². The maximum atomic E-state index is 11.7. The lowest BCUT2D eigenvalue weighted by atomic mass is 10.1. The zero-order valence-electron chi connectivity index (χ0n) is 17.2. The number of hydrazine groups is 1. The van der Waals surface area contributed by atoms with Crippen molar-refractivity contribution < 1.29 is 14.4 Å². The number of nitrogens with zero attached hydrogens (tertiary/aromatic N) is 5. The first-order valence-corrected chi connectivity index (χ1v) is 10.4. The minimum absolute atomic E-state index is 0.136. The smallest absolute Gasteiger partial charge is 0.254 e. The zero-order chi connectivity index (χ0) is 21.5. The number of hydrogen-bond acceptors (Lipinski definition) is 8. The third-order valence-corrected chi connectivity index (χ3v) is 5.79. The van der Waals surface area contributed by atoms with Crippen molar-refractivity contribution in [3.8, 4) is 5.75 Å². The number of nitrogens with one attached hydrogen (secondary N) is 2. The largest absolute Gasteiger partial charge is 0.489 e. The van der Waals surface area contributed by atoms with E-state index in [0.717, 1.165) is 41.4 Å². The van der Waals surface area contributed by atoms with Gasteiger partial charge in [0, 0.05) is 30.5 Å². The summed E-state index contributed by atoms with van der Waals surface area (Å²) in [6, 6.07) is 6.32. The van der Waals surface area contributed by atoms with E-state index in [1.54, 1.807) is 5.01 Å². The molecule has 1 atom stereocenters. The van der Waals surface area contributed by atoms with Crippen molar-refractivity contribution in [3.63, 3.8) is 0 Å². The number of anilines is 4. The summed E-state index contributed by atoms with van der Waals surface area (Å²) >= 11 is 0. The highest BCUT2D eigenvalue weighted by atomic mass is 16.5. The summed E-state index contributed by atoms with van der Waals surface area (Å²) in [6.45, 7) is 2.58. The van der Waals surface area contributed by atoms with E-state index in [0.29, 0.717) is 37.5 Å². The average molecular weight is 425 g/mol. The number of ether oxygens (including phenoxy) is 1. The molecule has 0 spiro atoms. The van der Waals surface area contributed by atoms with Crippen molar-refractivity contribution in [2.75, 3.05) is 48.8 Å². The van der Waals surface area contributed by atoms with Crippen LogP contribution in [0.4, 0.5) is 23.1 Å². The molecule has 1 aromatic heterocycles. The van der Waals surface area contributed by atoms with Crippen molar-refractivity contribution in [1.29, 1.82) is 0 Å². The molecule has 162 valence electrons. The van der Waals surface area contributed by atoms with Gasteiger partial charge in [0.05, 0.1) is 28.7 Å². The van der Waals surface area contributed by atoms with Crippen LogP contribution in [0.25, 0.3) is 0 Å². The predicted octanol–water partition coefficient (Wildman–Crippen LogP) is 1.10. The van der Waals surface area contributed by atoms with Crippen LogP contribution < -0.4 is 26.0 Å². The van der Waals surface area contributed by atoms with Crippen LogP contribution in [0.2, 0.25) is 0 Å². The van der Waals surface area contributed by atoms with Gasteiger partial charge >= 0.3 is 0 Å². The van der Waals surface area contributed by atoms with Crippen molar-refractivity contribution in [2.45, 2.75) is 24.9 Å². The van der Waals surface area contributed by atoms with E-state index >= 15 is 0 Å². The minimum atomic E-state index is -0.560. The fourth-order valence-corrected chi connectivity index (χ4v) is 3.97. The molecule has 11 nitrogen and oxygen atoms in total. The molecule has 3 heterocycles. The number of carbonyl (C=O) groups is 1. The normalized spacial score (nSPS) is 19.7. The molecule has 2 aromatic rings. The Morgan fingerprint density at radius 1 is 1.32 bits per heavy atom. The number of aromatic nitrogens is 2. The maximum absolute atomic E-state index is 11.7. The summed E-state index contributed by atoms with van der Waals surface area (Å²) in [4.78, 5) is 35.1. The monoisotopic (exact) mass is 425 g/mol. The molecule has 1 saturated carbocycles. The molecule has 0 bridgehead atoms. The SMILES string of the molecule is C[N+](=O)N1CCN2c3ccc(Nc4ncc(C(N)=O)c(NC5CC5)n4)cc3OC[C@@H]2C1. The van der Waals surface area contributed by atoms with Gasteiger partial charge in [-0.3, -0.25) is 4.79 Å². The van der Waals surface area contributed by atoms with E-state index < -0.39 is 5.91 Å². The van der Waals surface area contributed by atoms with Crippen molar-refractivity contribution in [3.05, 3.63) is 34.9 Å². The van der Waals surface area contributed by atoms with Crippen molar-refractivity contribution in [1.82, 2.24) is 15.0 Å². The van der Waals surface area contributed by atoms with Gasteiger partial charge in [0.15, 0.2) is 0 Å². The van der Waals surface area contributed by atoms with Crippen LogP contribution in [-0.2, 0) is 0 Å². The van der Waals surface area contributed by atoms with E-state index in [1.807, 2.05) is 18.2 Å². The molecule has 1 aromatic carbocycles. The van der Waals surface area contributed by atoms with Gasteiger partial charge in [-0.25, -0.2) is 4.98 Å². The molecule has 2 fully saturated rings. The van der Waals surface area contributed by atoms with Crippen LogP contribution >= 0.6 is 0 Å². The molecule has 4 N–H and O–H groups in total. The molecule has 5 rings (SSSR count). The summed E-state index contributed by atoms with van der Waals surface area (Å²) in [5.41, 5.74) is 7.51. The van der Waals surface area contributed by atoms with E-state index in [9.17, 15) is 9.70 Å². The number of hydrogen-bond donors (Lipinski definition) is 3. The lowest BCUT2D eigenvalue weighted by Gasteiger charge is -2.42. The second kappa shape index (κ2) is 7.56. The van der Waals surface area contributed by atoms with E-state index in [4.69, 9.17) is 10.5 Å². The second-order valence-electron chi connectivity index (χ2n) is 8.08. The number of benzene rings is 1. The Hall–Kier alpha value is -3.63. The number of nitroso groups, excluding NO2 is 1. The quantitative estimate of drug-likeness (QED) is 0.583. The summed E-state index contributed by atoms with van der Waals surface area (Å²) < 4.78 is 5.99. The molecule has 2 aliphatic heterocycles. The summed E-state index contributed by atoms with van der Waals surface area (Å²) in [5.74, 6) is 1.03. The highest BCUT2D eigenvalue weighted by Gasteiger charge is 2.36. The number of carbonyl (C=O) groups excluding carboxylic acids is 1. The van der Waals surface area contributed by atoms with E-state index in [-0.39, 0.29) is 11.6 Å². The van der Waals surface area contributed by atoms with E-state index in [1.165, 1.54) is 13.2 Å². The van der Waals surface area contributed by atoms with Crippen LogP contribution in [0.5, 0.6) is 5.75 Å². The number of primary amides is 1. The third kappa shape index (κ3) is 3.90. The van der Waals surface area contributed by atoms with Gasteiger partial charge in [0.2, 0.25) is 13.0 Å². The Bertz CT molecular complexity index is 1040. The molecule has 31 heavy (non-hydrogen) atoms. The second-order valence-corrected chi connectivity index (χ2v) is 8.08. The van der Waals surface area contributed by atoms with Gasteiger partial charge in [-0.15, -0.1) is 5.01 Å². The molecule has 11 heteroatoms. The number of nitrogens with two attached hydrogens (primary N) is 1. The fraction of sp³-hybridized carbons (Fsp3) is 0.450. The maximum Gasteiger partial charge on any atom is 0.254 e. The first-order chi connectivity index (χ1) is 15.0. The van der Waals surface area contributed by atoms with Crippen LogP contribution in [0, 0.1) is 4.91 Å². The molecule has 1 aliphatic carbocycles. The van der Waals surface area contributed by atoms with Gasteiger partial charge < -0.3 is 26.0 Å². The molecule has 0 unspecified atom stereocenters. The fourth-order valence-electron chi connectivity index (χ4n) is 3.97. The number of amides is 1. The summed E-state index contributed by atoms with van der Waals surface area (Å²) in [5, 5.41) is 8.19. The van der Waals surface area contributed by atoms with Gasteiger partial charge in [-0.1, -0.05) is 0 Å². The first-order valence-electron chi connectivity index (χ1n) is 10.4. The number of fused-ring (bicyclic) bond motifs is 3. The Morgan fingerprint density at radius 2 is 2.16 bits per heavy atom. The molecule has 1 saturated heterocycles. The Labute approximate surface area is 179 Å². The highest BCUT2D eigenvalue weighted by Crippen LogP contribution is 2.37. The lowest BCUT2D eigenvalue weighted by Crippen LogP contribution is -2.58. The molecular formula is C20H25N8O3+. The number of rotatable bonds is 6. The van der Waals surface area contributed by atoms with Crippen molar-refractivity contribution >= 4 is 29.0 Å². The molecule has 0 radical (unpaired) electrons. The molecule has 3 aliphatic rings. The first kappa shape index (κ1) is 19.3. The van der Waals surface area contributed by atoms with Gasteiger partial charge in [0.25, 0.3) is 5.91 Å². The van der Waals surface area contributed by atoms with E-state index in [2.05, 4.69) is 25.5 Å². The minimum Gasteiger partial charge on any atom is -0.489 e. The topological polar surface area (TPSA) is 129 Å². The van der Waals surface area contributed by atoms with Crippen LogP contribution in [0.1, 0.15) is 23.2 Å². The van der Waals surface area contributed by atoms with Crippen LogP contribution in [0.3, 0.4) is 0 Å². The Kier molecular flexibility index (Phi) is 4.72. The zero-order valence-corrected chi connectivity index (χ0v) is 17.2.